The summed E-state index contributed by atoms with van der Waals surface area (Å²) >= 11 is 0. The van der Waals surface area contributed by atoms with Crippen molar-refractivity contribution in [2.75, 3.05) is 6.61 Å². The monoisotopic (exact) mass is 461 g/mol. The van der Waals surface area contributed by atoms with Gasteiger partial charge in [0, 0.05) is 20.8 Å². The molecule has 1 aromatic heterocycles. The number of aromatic nitrogens is 3. The smallest absolute Gasteiger partial charge is 0.350 e. The van der Waals surface area contributed by atoms with Gasteiger partial charge >= 0.3 is 23.6 Å². The van der Waals surface area contributed by atoms with Gasteiger partial charge in [0.15, 0.2) is 18.4 Å². The zero-order chi connectivity index (χ0) is 24.1. The van der Waals surface area contributed by atoms with Crippen molar-refractivity contribution in [2.24, 2.45) is 0 Å². The minimum absolute atomic E-state index is 0.0315. The van der Waals surface area contributed by atoms with Gasteiger partial charge in [0.1, 0.15) is 18.9 Å². The fourth-order valence-corrected chi connectivity index (χ4v) is 3.42. The first-order valence-corrected chi connectivity index (χ1v) is 10.0. The molecule has 4 atom stereocenters. The fraction of sp³-hybridized carbons (Fsp3) is 0.429. The maximum atomic E-state index is 13.2. The third kappa shape index (κ3) is 5.71. The Kier molecular flexibility index (Phi) is 7.38. The Morgan fingerprint density at radius 1 is 0.970 bits per heavy atom. The Morgan fingerprint density at radius 2 is 1.61 bits per heavy atom. The summed E-state index contributed by atoms with van der Waals surface area (Å²) in [4.78, 5) is 60.2. The lowest BCUT2D eigenvalue weighted by atomic mass is 10.1. The molecule has 1 fully saturated rings. The van der Waals surface area contributed by atoms with Gasteiger partial charge in [-0.3, -0.25) is 23.7 Å². The summed E-state index contributed by atoms with van der Waals surface area (Å²) in [5, 5.41) is 3.87. The lowest BCUT2D eigenvalue weighted by Gasteiger charge is -2.23. The van der Waals surface area contributed by atoms with E-state index in [0.717, 1.165) is 29.3 Å². The summed E-state index contributed by atoms with van der Waals surface area (Å²) < 4.78 is 23.1. The van der Waals surface area contributed by atoms with Crippen LogP contribution in [0.5, 0.6) is 0 Å². The number of ether oxygens (including phenoxy) is 4. The van der Waals surface area contributed by atoms with E-state index < -0.39 is 53.7 Å². The van der Waals surface area contributed by atoms with Crippen molar-refractivity contribution in [3.8, 4) is 0 Å². The molecule has 0 unspecified atom stereocenters. The molecule has 2 aromatic rings. The van der Waals surface area contributed by atoms with E-state index in [9.17, 15) is 24.0 Å². The second kappa shape index (κ2) is 10.2. The fourth-order valence-electron chi connectivity index (χ4n) is 3.42. The van der Waals surface area contributed by atoms with Crippen molar-refractivity contribution in [3.63, 3.8) is 0 Å². The number of hydrogen-bond acceptors (Lipinski definition) is 10. The van der Waals surface area contributed by atoms with E-state index >= 15 is 0 Å². The molecule has 0 spiro atoms. The lowest BCUT2D eigenvalue weighted by molar-refractivity contribution is -0.166. The Hall–Kier alpha value is -3.80. The van der Waals surface area contributed by atoms with Gasteiger partial charge in [0.25, 0.3) is 5.56 Å². The molecule has 0 bridgehead atoms. The van der Waals surface area contributed by atoms with Crippen molar-refractivity contribution >= 4 is 17.9 Å². The van der Waals surface area contributed by atoms with E-state index in [1.54, 1.807) is 30.3 Å². The minimum Gasteiger partial charge on any atom is -0.463 e. The van der Waals surface area contributed by atoms with Crippen molar-refractivity contribution < 1.29 is 33.3 Å². The molecule has 0 radical (unpaired) electrons. The molecule has 1 aliphatic heterocycles. The number of carbonyl (C=O) groups excluding carboxylic acids is 3. The molecule has 0 aliphatic carbocycles. The average Bonchev–Trinajstić information content (AvgIpc) is 3.06. The minimum atomic E-state index is -1.35. The largest absolute Gasteiger partial charge is 0.463 e. The van der Waals surface area contributed by atoms with Gasteiger partial charge in [0.05, 0.1) is 6.54 Å². The number of rotatable bonds is 7. The second-order valence-corrected chi connectivity index (χ2v) is 7.30. The predicted molar refractivity (Wildman–Crippen MR) is 110 cm³/mol. The van der Waals surface area contributed by atoms with Crippen LogP contribution in [0.2, 0.25) is 0 Å². The van der Waals surface area contributed by atoms with Crippen LogP contribution in [0.4, 0.5) is 0 Å². The quantitative estimate of drug-likeness (QED) is 0.401. The average molecular weight is 461 g/mol. The van der Waals surface area contributed by atoms with Crippen LogP contribution in [0.1, 0.15) is 32.6 Å². The van der Waals surface area contributed by atoms with E-state index in [1.165, 1.54) is 6.92 Å². The van der Waals surface area contributed by atoms with Crippen LogP contribution in [-0.2, 0) is 39.9 Å². The van der Waals surface area contributed by atoms with Gasteiger partial charge in [-0.1, -0.05) is 30.3 Å². The Morgan fingerprint density at radius 3 is 2.21 bits per heavy atom. The summed E-state index contributed by atoms with van der Waals surface area (Å²) in [5.41, 5.74) is -0.776. The van der Waals surface area contributed by atoms with E-state index in [4.69, 9.17) is 18.9 Å². The third-order valence-electron chi connectivity index (χ3n) is 4.75. The normalized spacial score (nSPS) is 21.9. The van der Waals surface area contributed by atoms with Gasteiger partial charge in [-0.15, -0.1) is 0 Å². The number of hydrogen-bond donors (Lipinski definition) is 0. The molecule has 176 valence electrons. The Labute approximate surface area is 187 Å². The third-order valence-corrected chi connectivity index (χ3v) is 4.75. The summed E-state index contributed by atoms with van der Waals surface area (Å²) in [5.74, 6) is -2.05. The van der Waals surface area contributed by atoms with Gasteiger partial charge in [0.2, 0.25) is 0 Å². The van der Waals surface area contributed by atoms with Crippen molar-refractivity contribution in [3.05, 3.63) is 62.9 Å². The Bertz CT molecular complexity index is 1140. The Balaban J connectivity index is 2.02. The molecule has 0 N–H and O–H groups in total. The molecule has 33 heavy (non-hydrogen) atoms. The number of nitrogens with zero attached hydrogens (tertiary/aromatic N) is 3. The molecule has 0 amide bonds. The van der Waals surface area contributed by atoms with Crippen molar-refractivity contribution in [1.82, 2.24) is 14.3 Å². The SMILES string of the molecule is CC(=O)OC[C@@H]1O[C@H](n2ncc(=O)n(Cc3ccccc3)c2=O)[C@@H](OC(C)=O)[C@H]1OC(C)=O. The highest BCUT2D eigenvalue weighted by Gasteiger charge is 2.51. The maximum Gasteiger partial charge on any atom is 0.350 e. The van der Waals surface area contributed by atoms with Crippen LogP contribution in [0, 0.1) is 0 Å². The molecule has 12 heteroatoms. The predicted octanol–water partition coefficient (Wildman–Crippen LogP) is -0.223. The molecular weight excluding hydrogens is 438 g/mol. The first kappa shape index (κ1) is 23.9. The van der Waals surface area contributed by atoms with E-state index in [2.05, 4.69) is 5.10 Å². The van der Waals surface area contributed by atoms with Gasteiger partial charge in [-0.2, -0.15) is 9.78 Å². The molecule has 12 nitrogen and oxygen atoms in total. The first-order chi connectivity index (χ1) is 15.7. The topological polar surface area (TPSA) is 145 Å². The summed E-state index contributed by atoms with van der Waals surface area (Å²) in [6.45, 7) is 3.10. The van der Waals surface area contributed by atoms with Crippen LogP contribution in [0.25, 0.3) is 0 Å². The zero-order valence-corrected chi connectivity index (χ0v) is 18.2. The summed E-state index contributed by atoms with van der Waals surface area (Å²) in [6, 6.07) is 8.82. The molecule has 1 aliphatic rings. The molecule has 2 heterocycles. The van der Waals surface area contributed by atoms with E-state index in [-0.39, 0.29) is 13.2 Å². The highest BCUT2D eigenvalue weighted by molar-refractivity contribution is 5.68. The van der Waals surface area contributed by atoms with Gasteiger partial charge in [-0.25, -0.2) is 4.79 Å². The molecular formula is C21H23N3O9. The zero-order valence-electron chi connectivity index (χ0n) is 18.2. The van der Waals surface area contributed by atoms with E-state index in [1.807, 2.05) is 0 Å². The van der Waals surface area contributed by atoms with Crippen LogP contribution in [0.3, 0.4) is 0 Å². The molecule has 1 aromatic carbocycles. The summed E-state index contributed by atoms with van der Waals surface area (Å²) in [6.07, 6.45) is -3.97. The maximum absolute atomic E-state index is 13.2. The van der Waals surface area contributed by atoms with Crippen molar-refractivity contribution in [2.45, 2.75) is 51.9 Å². The number of carbonyl (C=O) groups is 3. The highest BCUT2D eigenvalue weighted by Crippen LogP contribution is 2.33. The van der Waals surface area contributed by atoms with Crippen LogP contribution < -0.4 is 11.2 Å². The summed E-state index contributed by atoms with van der Waals surface area (Å²) in [7, 11) is 0. The second-order valence-electron chi connectivity index (χ2n) is 7.30. The molecule has 0 saturated carbocycles. The molecule has 3 rings (SSSR count). The van der Waals surface area contributed by atoms with Crippen LogP contribution in [-0.4, -0.2) is 57.2 Å². The van der Waals surface area contributed by atoms with Gasteiger partial charge < -0.3 is 18.9 Å². The highest BCUT2D eigenvalue weighted by atomic mass is 16.7. The lowest BCUT2D eigenvalue weighted by Crippen LogP contribution is -2.46. The first-order valence-electron chi connectivity index (χ1n) is 10.0. The van der Waals surface area contributed by atoms with Crippen LogP contribution >= 0.6 is 0 Å². The standard InChI is InChI=1S/C21H23N3O9/c1-12(25)30-11-16-18(31-13(2)26)19(32-14(3)27)20(33-16)24-21(29)23(17(28)9-22-24)10-15-7-5-4-6-8-15/h4-9,16,18-20H,10-11H2,1-3H3/t16-,18-,19-,20-/m0/s1. The van der Waals surface area contributed by atoms with E-state index in [0.29, 0.717) is 5.56 Å². The number of esters is 3. The number of benzene rings is 1. The van der Waals surface area contributed by atoms with Crippen molar-refractivity contribution in [1.29, 1.82) is 0 Å². The molecule has 1 saturated heterocycles. The van der Waals surface area contributed by atoms with Crippen LogP contribution in [0.15, 0.2) is 46.1 Å². The van der Waals surface area contributed by atoms with Gasteiger partial charge in [-0.05, 0) is 5.56 Å².